The Morgan fingerprint density at radius 3 is 2.42 bits per heavy atom. The van der Waals surface area contributed by atoms with Crippen LogP contribution in [-0.2, 0) is 24.3 Å². The first-order valence-corrected chi connectivity index (χ1v) is 11.0. The number of rotatable bonds is 6. The van der Waals surface area contributed by atoms with Crippen LogP contribution >= 0.6 is 15.9 Å². The molecule has 0 aromatic heterocycles. The number of esters is 1. The fourth-order valence-corrected chi connectivity index (χ4v) is 4.36. The lowest BCUT2D eigenvalue weighted by atomic mass is 9.97. The normalized spacial score (nSPS) is 15.6. The second-order valence-electron chi connectivity index (χ2n) is 6.13. The Kier molecular flexibility index (Phi) is 7.05. The number of para-hydroxylation sites is 1. The van der Waals surface area contributed by atoms with Gasteiger partial charge in [0.25, 0.3) is 0 Å². The molecule has 0 atom stereocenters. The van der Waals surface area contributed by atoms with E-state index in [9.17, 15) is 18.0 Å². The molecule has 9 heteroatoms. The fraction of sp³-hybridized carbons (Fsp3) is 0.529. The van der Waals surface area contributed by atoms with Gasteiger partial charge in [0.05, 0.1) is 24.5 Å². The number of carbonyl (C=O) groups is 2. The third-order valence-electron chi connectivity index (χ3n) is 4.27. The molecule has 1 aliphatic heterocycles. The predicted octanol–water partition coefficient (Wildman–Crippen LogP) is 2.02. The van der Waals surface area contributed by atoms with Crippen LogP contribution in [-0.4, -0.2) is 57.7 Å². The van der Waals surface area contributed by atoms with Crippen LogP contribution in [0.25, 0.3) is 0 Å². The zero-order chi connectivity index (χ0) is 19.3. The van der Waals surface area contributed by atoms with Crippen LogP contribution in [0.4, 0.5) is 5.69 Å². The molecule has 1 saturated heterocycles. The lowest BCUT2D eigenvalue weighted by molar-refractivity contribution is -0.151. The van der Waals surface area contributed by atoms with E-state index >= 15 is 0 Å². The molecule has 7 nitrogen and oxygen atoms in total. The van der Waals surface area contributed by atoms with Gasteiger partial charge in [-0.25, -0.2) is 8.42 Å². The number of carbonyl (C=O) groups excluding carboxylic acids is 2. The molecule has 0 bridgehead atoms. The summed E-state index contributed by atoms with van der Waals surface area (Å²) in [4.78, 5) is 26.0. The van der Waals surface area contributed by atoms with Gasteiger partial charge in [-0.2, -0.15) is 0 Å². The molecule has 1 fully saturated rings. The number of sulfonamides is 1. The second-order valence-corrected chi connectivity index (χ2v) is 8.89. The van der Waals surface area contributed by atoms with Crippen molar-refractivity contribution < 1.29 is 22.7 Å². The van der Waals surface area contributed by atoms with E-state index in [1.54, 1.807) is 36.1 Å². The van der Waals surface area contributed by atoms with Crippen molar-refractivity contribution in [2.45, 2.75) is 19.8 Å². The number of hydrogen-bond donors (Lipinski definition) is 0. The van der Waals surface area contributed by atoms with E-state index in [0.717, 1.165) is 10.6 Å². The Bertz CT molecular complexity index is 760. The summed E-state index contributed by atoms with van der Waals surface area (Å²) in [7, 11) is -3.62. The average Bonchev–Trinajstić information content (AvgIpc) is 2.59. The summed E-state index contributed by atoms with van der Waals surface area (Å²) in [5, 5.41) is 0. The standard InChI is InChI=1S/C17H23BrN2O5S/c1-3-25-17(22)13-8-10-19(11-9-13)16(21)12-20(26(2,23)24)15-7-5-4-6-14(15)18/h4-7,13H,3,8-12H2,1-2H3. The molecule has 2 rings (SSSR count). The first kappa shape index (κ1) is 20.7. The van der Waals surface area contributed by atoms with Crippen molar-refractivity contribution in [3.8, 4) is 0 Å². The Morgan fingerprint density at radius 1 is 1.27 bits per heavy atom. The number of amides is 1. The van der Waals surface area contributed by atoms with Crippen molar-refractivity contribution in [2.24, 2.45) is 5.92 Å². The third kappa shape index (κ3) is 5.20. The summed E-state index contributed by atoms with van der Waals surface area (Å²) in [5.74, 6) is -0.715. The van der Waals surface area contributed by atoms with Crippen LogP contribution in [0.5, 0.6) is 0 Å². The summed E-state index contributed by atoms with van der Waals surface area (Å²) in [6.07, 6.45) is 2.13. The molecule has 1 aromatic carbocycles. The topological polar surface area (TPSA) is 84.0 Å². The number of anilines is 1. The maximum Gasteiger partial charge on any atom is 0.309 e. The SMILES string of the molecule is CCOC(=O)C1CCN(C(=O)CN(c2ccccc2Br)S(C)(=O)=O)CC1. The van der Waals surface area contributed by atoms with Crippen molar-refractivity contribution in [1.29, 1.82) is 0 Å². The van der Waals surface area contributed by atoms with Crippen molar-refractivity contribution in [2.75, 3.05) is 36.8 Å². The van der Waals surface area contributed by atoms with E-state index < -0.39 is 10.0 Å². The Balaban J connectivity index is 2.05. The number of halogens is 1. The highest BCUT2D eigenvalue weighted by molar-refractivity contribution is 9.10. The van der Waals surface area contributed by atoms with Crippen LogP contribution in [0.15, 0.2) is 28.7 Å². The Hall–Kier alpha value is -1.61. The summed E-state index contributed by atoms with van der Waals surface area (Å²) < 4.78 is 31.1. The van der Waals surface area contributed by atoms with E-state index in [-0.39, 0.29) is 24.3 Å². The number of benzene rings is 1. The van der Waals surface area contributed by atoms with Crippen molar-refractivity contribution in [1.82, 2.24) is 4.90 Å². The number of piperidine rings is 1. The van der Waals surface area contributed by atoms with E-state index in [1.165, 1.54) is 0 Å². The molecule has 0 N–H and O–H groups in total. The molecule has 1 aromatic rings. The zero-order valence-electron chi connectivity index (χ0n) is 14.9. The Labute approximate surface area is 162 Å². The van der Waals surface area contributed by atoms with E-state index in [1.807, 2.05) is 0 Å². The smallest absolute Gasteiger partial charge is 0.309 e. The molecule has 26 heavy (non-hydrogen) atoms. The highest BCUT2D eigenvalue weighted by Crippen LogP contribution is 2.28. The van der Waals surface area contributed by atoms with Gasteiger partial charge in [-0.3, -0.25) is 13.9 Å². The van der Waals surface area contributed by atoms with E-state index in [4.69, 9.17) is 4.74 Å². The molecule has 0 unspecified atom stereocenters. The predicted molar refractivity (Wildman–Crippen MR) is 102 cm³/mol. The number of ether oxygens (including phenoxy) is 1. The minimum absolute atomic E-state index is 0.201. The first-order valence-electron chi connectivity index (χ1n) is 8.40. The van der Waals surface area contributed by atoms with Crippen LogP contribution < -0.4 is 4.31 Å². The van der Waals surface area contributed by atoms with Gasteiger partial charge in [0.1, 0.15) is 6.54 Å². The second kappa shape index (κ2) is 8.85. The molecule has 0 saturated carbocycles. The maximum absolute atomic E-state index is 12.6. The maximum atomic E-state index is 12.6. The van der Waals surface area contributed by atoms with Gasteiger partial charge < -0.3 is 9.64 Å². The highest BCUT2D eigenvalue weighted by Gasteiger charge is 2.30. The number of nitrogens with zero attached hydrogens (tertiary/aromatic N) is 2. The first-order chi connectivity index (χ1) is 12.2. The van der Waals surface area contributed by atoms with Crippen LogP contribution in [0.3, 0.4) is 0 Å². The molecular formula is C17H23BrN2O5S. The van der Waals surface area contributed by atoms with Crippen LogP contribution in [0, 0.1) is 5.92 Å². The van der Waals surface area contributed by atoms with Gasteiger partial charge in [-0.1, -0.05) is 12.1 Å². The molecule has 1 amide bonds. The third-order valence-corrected chi connectivity index (χ3v) is 6.06. The van der Waals surface area contributed by atoms with Crippen LogP contribution in [0.1, 0.15) is 19.8 Å². The van der Waals surface area contributed by atoms with Crippen molar-refractivity contribution in [3.05, 3.63) is 28.7 Å². The van der Waals surface area contributed by atoms with Crippen LogP contribution in [0.2, 0.25) is 0 Å². The van der Waals surface area contributed by atoms with Gasteiger partial charge in [-0.15, -0.1) is 0 Å². The van der Waals surface area contributed by atoms with Crippen molar-refractivity contribution >= 4 is 43.5 Å². The highest BCUT2D eigenvalue weighted by atomic mass is 79.9. The number of hydrogen-bond acceptors (Lipinski definition) is 5. The summed E-state index contributed by atoms with van der Waals surface area (Å²) in [5.41, 5.74) is 0.421. The Morgan fingerprint density at radius 2 is 1.88 bits per heavy atom. The summed E-state index contributed by atoms with van der Waals surface area (Å²) in [6.45, 7) is 2.66. The minimum atomic E-state index is -3.62. The van der Waals surface area contributed by atoms with Gasteiger partial charge in [0.2, 0.25) is 15.9 Å². The van der Waals surface area contributed by atoms with Gasteiger partial charge >= 0.3 is 5.97 Å². The number of likely N-dealkylation sites (tertiary alicyclic amines) is 1. The fourth-order valence-electron chi connectivity index (χ4n) is 2.88. The molecule has 1 aliphatic rings. The zero-order valence-corrected chi connectivity index (χ0v) is 17.3. The molecule has 1 heterocycles. The summed E-state index contributed by atoms with van der Waals surface area (Å²) in [6, 6.07) is 6.86. The minimum Gasteiger partial charge on any atom is -0.466 e. The monoisotopic (exact) mass is 446 g/mol. The largest absolute Gasteiger partial charge is 0.466 e. The summed E-state index contributed by atoms with van der Waals surface area (Å²) >= 11 is 3.33. The van der Waals surface area contributed by atoms with E-state index in [2.05, 4.69) is 15.9 Å². The molecule has 0 radical (unpaired) electrons. The van der Waals surface area contributed by atoms with E-state index in [0.29, 0.717) is 42.7 Å². The average molecular weight is 447 g/mol. The molecule has 144 valence electrons. The molecule has 0 aliphatic carbocycles. The van der Waals surface area contributed by atoms with Gasteiger partial charge in [0, 0.05) is 17.6 Å². The van der Waals surface area contributed by atoms with Crippen molar-refractivity contribution in [3.63, 3.8) is 0 Å². The lowest BCUT2D eigenvalue weighted by Gasteiger charge is -2.33. The molecule has 0 spiro atoms. The quantitative estimate of drug-likeness (QED) is 0.624. The van der Waals surface area contributed by atoms with Gasteiger partial charge in [0.15, 0.2) is 0 Å². The van der Waals surface area contributed by atoms with Gasteiger partial charge in [-0.05, 0) is 47.8 Å². The lowest BCUT2D eigenvalue weighted by Crippen LogP contribution is -2.46. The molecular weight excluding hydrogens is 424 g/mol.